The Morgan fingerprint density at radius 2 is 2.29 bits per heavy atom. The van der Waals surface area contributed by atoms with Gasteiger partial charge in [-0.05, 0) is 12.3 Å². The Balaban J connectivity index is 1.75. The van der Waals surface area contributed by atoms with E-state index in [1.54, 1.807) is 0 Å². The smallest absolute Gasteiger partial charge is 0.251 e. The zero-order valence-corrected chi connectivity index (χ0v) is 10.6. The van der Waals surface area contributed by atoms with Crippen LogP contribution in [0.1, 0.15) is 32.1 Å². The predicted molar refractivity (Wildman–Crippen MR) is 68.2 cm³/mol. The van der Waals surface area contributed by atoms with Crippen molar-refractivity contribution in [2.75, 3.05) is 5.75 Å². The first-order chi connectivity index (χ1) is 8.24. The van der Waals surface area contributed by atoms with Crippen molar-refractivity contribution in [1.29, 1.82) is 0 Å². The van der Waals surface area contributed by atoms with Gasteiger partial charge in [0.1, 0.15) is 0 Å². The maximum absolute atomic E-state index is 11.0. The number of aromatic nitrogens is 2. The molecule has 94 valence electrons. The van der Waals surface area contributed by atoms with Crippen LogP contribution in [-0.4, -0.2) is 26.9 Å². The molecule has 0 aliphatic heterocycles. The summed E-state index contributed by atoms with van der Waals surface area (Å²) in [4.78, 5) is 17.7. The molecule has 2 N–H and O–H groups in total. The highest BCUT2D eigenvalue weighted by Gasteiger charge is 2.18. The van der Waals surface area contributed by atoms with Gasteiger partial charge in [-0.15, -0.1) is 0 Å². The van der Waals surface area contributed by atoms with Gasteiger partial charge < -0.3 is 10.1 Å². The number of rotatable bonds is 5. The van der Waals surface area contributed by atoms with E-state index in [1.165, 1.54) is 49.7 Å². The number of aliphatic hydroxyl groups excluding tert-OH is 1. The fraction of sp³-hybridized carbons (Fsp3) is 0.667. The minimum atomic E-state index is -0.298. The van der Waals surface area contributed by atoms with E-state index in [0.717, 1.165) is 6.42 Å². The number of hydrogen-bond donors (Lipinski definition) is 2. The SMILES string of the molecule is O=c1ccnc(SCC(O)CC2CCCC2)[nH]1. The van der Waals surface area contributed by atoms with Crippen molar-refractivity contribution in [2.45, 2.75) is 43.4 Å². The van der Waals surface area contributed by atoms with Crippen LogP contribution in [0.4, 0.5) is 0 Å². The maximum atomic E-state index is 11.0. The number of thioether (sulfide) groups is 1. The molecule has 1 aromatic heterocycles. The molecule has 0 radical (unpaired) electrons. The molecular weight excluding hydrogens is 236 g/mol. The van der Waals surface area contributed by atoms with Crippen LogP contribution < -0.4 is 5.56 Å². The molecule has 1 aromatic rings. The number of H-pyrrole nitrogens is 1. The zero-order chi connectivity index (χ0) is 12.1. The Kier molecular flexibility index (Phi) is 4.62. The van der Waals surface area contributed by atoms with E-state index in [2.05, 4.69) is 9.97 Å². The Morgan fingerprint density at radius 1 is 1.53 bits per heavy atom. The molecule has 0 spiro atoms. The first-order valence-corrected chi connectivity index (χ1v) is 7.09. The molecule has 0 saturated heterocycles. The molecule has 0 aromatic carbocycles. The van der Waals surface area contributed by atoms with Gasteiger partial charge in [0.15, 0.2) is 5.16 Å². The summed E-state index contributed by atoms with van der Waals surface area (Å²) < 4.78 is 0. The van der Waals surface area contributed by atoms with E-state index < -0.39 is 0 Å². The minimum Gasteiger partial charge on any atom is -0.392 e. The van der Waals surface area contributed by atoms with Crippen LogP contribution in [0.2, 0.25) is 0 Å². The molecule has 5 heteroatoms. The van der Waals surface area contributed by atoms with Crippen molar-refractivity contribution < 1.29 is 5.11 Å². The molecule has 0 bridgehead atoms. The Morgan fingerprint density at radius 3 is 3.00 bits per heavy atom. The lowest BCUT2D eigenvalue weighted by Crippen LogP contribution is -2.15. The second-order valence-electron chi connectivity index (χ2n) is 4.59. The van der Waals surface area contributed by atoms with Crippen molar-refractivity contribution >= 4 is 11.8 Å². The first kappa shape index (κ1) is 12.6. The van der Waals surface area contributed by atoms with E-state index >= 15 is 0 Å². The molecule has 1 heterocycles. The highest BCUT2D eigenvalue weighted by Crippen LogP contribution is 2.29. The Hall–Kier alpha value is -0.810. The highest BCUT2D eigenvalue weighted by atomic mass is 32.2. The second-order valence-corrected chi connectivity index (χ2v) is 5.60. The van der Waals surface area contributed by atoms with Gasteiger partial charge in [-0.25, -0.2) is 4.98 Å². The van der Waals surface area contributed by atoms with Gasteiger partial charge in [0.05, 0.1) is 6.10 Å². The van der Waals surface area contributed by atoms with E-state index in [4.69, 9.17) is 0 Å². The lowest BCUT2D eigenvalue weighted by Gasteiger charge is -2.14. The molecule has 1 saturated carbocycles. The highest BCUT2D eigenvalue weighted by molar-refractivity contribution is 7.99. The maximum Gasteiger partial charge on any atom is 0.251 e. The molecule has 1 atom stereocenters. The molecule has 1 fully saturated rings. The summed E-state index contributed by atoms with van der Waals surface area (Å²) in [6.07, 6.45) is 7.18. The fourth-order valence-corrected chi connectivity index (χ4v) is 3.09. The van der Waals surface area contributed by atoms with Crippen molar-refractivity contribution in [3.63, 3.8) is 0 Å². The van der Waals surface area contributed by atoms with Crippen molar-refractivity contribution in [3.8, 4) is 0 Å². The summed E-state index contributed by atoms with van der Waals surface area (Å²) in [5, 5.41) is 10.5. The van der Waals surface area contributed by atoms with Gasteiger partial charge in [0.2, 0.25) is 0 Å². The normalized spacial score (nSPS) is 18.4. The summed E-state index contributed by atoms with van der Waals surface area (Å²) >= 11 is 1.41. The summed E-state index contributed by atoms with van der Waals surface area (Å²) in [7, 11) is 0. The molecular formula is C12H18N2O2S. The molecule has 17 heavy (non-hydrogen) atoms. The number of aromatic amines is 1. The third-order valence-corrected chi connectivity index (χ3v) is 4.17. The molecule has 1 unspecified atom stereocenters. The van der Waals surface area contributed by atoms with E-state index in [9.17, 15) is 9.90 Å². The third-order valence-electron chi connectivity index (χ3n) is 3.14. The van der Waals surface area contributed by atoms with Crippen LogP contribution >= 0.6 is 11.8 Å². The summed E-state index contributed by atoms with van der Waals surface area (Å²) in [6, 6.07) is 1.39. The number of aliphatic hydroxyl groups is 1. The number of nitrogens with one attached hydrogen (secondary N) is 1. The second kappa shape index (κ2) is 6.21. The summed E-state index contributed by atoms with van der Waals surface area (Å²) in [5.74, 6) is 1.29. The topological polar surface area (TPSA) is 66.0 Å². The lowest BCUT2D eigenvalue weighted by molar-refractivity contribution is 0.165. The van der Waals surface area contributed by atoms with E-state index in [-0.39, 0.29) is 11.7 Å². The average Bonchev–Trinajstić information content (AvgIpc) is 2.79. The molecule has 0 amide bonds. The van der Waals surface area contributed by atoms with Crippen LogP contribution in [0.3, 0.4) is 0 Å². The van der Waals surface area contributed by atoms with Gasteiger partial charge in [0, 0.05) is 18.0 Å². The Bertz CT molecular complexity index is 401. The first-order valence-electron chi connectivity index (χ1n) is 6.10. The van der Waals surface area contributed by atoms with Gasteiger partial charge in [-0.3, -0.25) is 4.79 Å². The number of hydrogen-bond acceptors (Lipinski definition) is 4. The van der Waals surface area contributed by atoms with Crippen LogP contribution in [0, 0.1) is 5.92 Å². The van der Waals surface area contributed by atoms with Gasteiger partial charge in [-0.1, -0.05) is 37.4 Å². The summed E-state index contributed by atoms with van der Waals surface area (Å²) in [6.45, 7) is 0. The molecule has 1 aliphatic carbocycles. The lowest BCUT2D eigenvalue weighted by atomic mass is 10.0. The average molecular weight is 254 g/mol. The number of nitrogens with zero attached hydrogens (tertiary/aromatic N) is 1. The van der Waals surface area contributed by atoms with Crippen molar-refractivity contribution in [2.24, 2.45) is 5.92 Å². The van der Waals surface area contributed by atoms with Crippen LogP contribution in [0.5, 0.6) is 0 Å². The van der Waals surface area contributed by atoms with Crippen LogP contribution in [0.15, 0.2) is 22.2 Å². The Labute approximate surface area is 105 Å². The third kappa shape index (κ3) is 4.16. The standard InChI is InChI=1S/C12H18N2O2S/c15-10(7-9-3-1-2-4-9)8-17-12-13-6-5-11(16)14-12/h5-6,9-10,15H,1-4,7-8H2,(H,13,14,16). The molecule has 4 nitrogen and oxygen atoms in total. The minimum absolute atomic E-state index is 0.146. The van der Waals surface area contributed by atoms with E-state index in [1.807, 2.05) is 0 Å². The van der Waals surface area contributed by atoms with Crippen LogP contribution in [0.25, 0.3) is 0 Å². The molecule has 1 aliphatic rings. The van der Waals surface area contributed by atoms with Gasteiger partial charge in [-0.2, -0.15) is 0 Å². The fourth-order valence-electron chi connectivity index (χ4n) is 2.30. The van der Waals surface area contributed by atoms with Crippen molar-refractivity contribution in [3.05, 3.63) is 22.6 Å². The van der Waals surface area contributed by atoms with Gasteiger partial charge >= 0.3 is 0 Å². The zero-order valence-electron chi connectivity index (χ0n) is 9.76. The summed E-state index contributed by atoms with van der Waals surface area (Å²) in [5.41, 5.74) is -0.146. The van der Waals surface area contributed by atoms with Gasteiger partial charge in [0.25, 0.3) is 5.56 Å². The van der Waals surface area contributed by atoms with Crippen molar-refractivity contribution in [1.82, 2.24) is 9.97 Å². The monoisotopic (exact) mass is 254 g/mol. The predicted octanol–water partition coefficient (Wildman–Crippen LogP) is 1.80. The largest absolute Gasteiger partial charge is 0.392 e. The quantitative estimate of drug-likeness (QED) is 0.621. The van der Waals surface area contributed by atoms with Crippen LogP contribution in [-0.2, 0) is 0 Å². The molecule has 2 rings (SSSR count). The van der Waals surface area contributed by atoms with E-state index in [0.29, 0.717) is 16.8 Å².